The maximum absolute atomic E-state index is 12.3. The van der Waals surface area contributed by atoms with Crippen molar-refractivity contribution in [3.8, 4) is 0 Å². The lowest BCUT2D eigenvalue weighted by Crippen LogP contribution is -2.12. The van der Waals surface area contributed by atoms with Crippen LogP contribution in [0.1, 0.15) is 34.4 Å². The average Bonchev–Trinajstić information content (AvgIpc) is 3.08. The molecule has 0 saturated heterocycles. The summed E-state index contributed by atoms with van der Waals surface area (Å²) in [5.74, 6) is 0.703. The van der Waals surface area contributed by atoms with Crippen molar-refractivity contribution in [2.45, 2.75) is 32.6 Å². The molecule has 0 aliphatic heterocycles. The van der Waals surface area contributed by atoms with E-state index in [1.54, 1.807) is 23.9 Å². The summed E-state index contributed by atoms with van der Waals surface area (Å²) in [4.78, 5) is 26.5. The Morgan fingerprint density at radius 3 is 3.04 bits per heavy atom. The van der Waals surface area contributed by atoms with E-state index in [9.17, 15) is 4.79 Å². The third-order valence-electron chi connectivity index (χ3n) is 5.15. The van der Waals surface area contributed by atoms with Crippen LogP contribution in [0.5, 0.6) is 0 Å². The van der Waals surface area contributed by atoms with Gasteiger partial charge in [0.2, 0.25) is 0 Å². The number of fused-ring (bicyclic) bond motifs is 4. The molecule has 28 heavy (non-hydrogen) atoms. The number of hydrogen-bond acceptors (Lipinski definition) is 6. The molecular formula is C21H19N5OS. The number of rotatable bonds is 3. The molecule has 4 aromatic rings. The van der Waals surface area contributed by atoms with Crippen LogP contribution in [0.15, 0.2) is 40.5 Å². The second-order valence-corrected chi connectivity index (χ2v) is 8.21. The van der Waals surface area contributed by atoms with Gasteiger partial charge in [-0.2, -0.15) is 5.10 Å². The molecule has 0 amide bonds. The zero-order valence-electron chi connectivity index (χ0n) is 15.5. The normalized spacial score (nSPS) is 14.0. The summed E-state index contributed by atoms with van der Waals surface area (Å²) < 4.78 is 0. The van der Waals surface area contributed by atoms with Crippen LogP contribution in [0.25, 0.3) is 21.1 Å². The van der Waals surface area contributed by atoms with Crippen LogP contribution in [-0.2, 0) is 12.8 Å². The predicted octanol–water partition coefficient (Wildman–Crippen LogP) is 4.17. The second kappa shape index (κ2) is 6.83. The van der Waals surface area contributed by atoms with Gasteiger partial charge in [-0.25, -0.2) is 9.97 Å². The second-order valence-electron chi connectivity index (χ2n) is 7.13. The topological polar surface area (TPSA) is 83.0 Å². The van der Waals surface area contributed by atoms with Crippen LogP contribution >= 0.6 is 11.3 Å². The first kappa shape index (κ1) is 17.1. The highest BCUT2D eigenvalue weighted by Crippen LogP contribution is 2.38. The molecule has 1 aliphatic carbocycles. The molecular weight excluding hydrogens is 370 g/mol. The van der Waals surface area contributed by atoms with Gasteiger partial charge in [0.05, 0.1) is 17.2 Å². The number of aromatic amines is 1. The van der Waals surface area contributed by atoms with Crippen molar-refractivity contribution in [1.82, 2.24) is 15.0 Å². The zero-order chi connectivity index (χ0) is 19.1. The number of nitrogens with zero attached hydrogens (tertiary/aromatic N) is 3. The Kier molecular flexibility index (Phi) is 4.16. The molecule has 1 aliphatic rings. The highest BCUT2D eigenvalue weighted by Gasteiger charge is 2.19. The summed E-state index contributed by atoms with van der Waals surface area (Å²) in [6, 6.07) is 7.80. The van der Waals surface area contributed by atoms with Crippen LogP contribution in [-0.4, -0.2) is 21.2 Å². The molecule has 0 saturated carbocycles. The van der Waals surface area contributed by atoms with Crippen molar-refractivity contribution in [2.75, 3.05) is 5.43 Å². The number of H-pyrrole nitrogens is 1. The Hall–Kier alpha value is -3.06. The number of anilines is 1. The van der Waals surface area contributed by atoms with Crippen molar-refractivity contribution in [1.29, 1.82) is 0 Å². The van der Waals surface area contributed by atoms with Gasteiger partial charge < -0.3 is 4.98 Å². The Morgan fingerprint density at radius 1 is 1.21 bits per heavy atom. The van der Waals surface area contributed by atoms with Crippen LogP contribution in [0.4, 0.5) is 5.82 Å². The van der Waals surface area contributed by atoms with Crippen LogP contribution in [0.2, 0.25) is 0 Å². The molecule has 5 rings (SSSR count). The molecule has 0 atom stereocenters. The van der Waals surface area contributed by atoms with Gasteiger partial charge in [0, 0.05) is 10.4 Å². The van der Waals surface area contributed by atoms with Gasteiger partial charge in [-0.05, 0) is 61.8 Å². The minimum atomic E-state index is -0.164. The maximum Gasteiger partial charge on any atom is 0.257 e. The van der Waals surface area contributed by atoms with E-state index in [0.717, 1.165) is 39.5 Å². The van der Waals surface area contributed by atoms with Gasteiger partial charge in [0.25, 0.3) is 5.56 Å². The third-order valence-corrected chi connectivity index (χ3v) is 6.35. The first-order valence-corrected chi connectivity index (χ1v) is 10.2. The maximum atomic E-state index is 12.3. The van der Waals surface area contributed by atoms with E-state index in [2.05, 4.69) is 25.5 Å². The summed E-state index contributed by atoms with van der Waals surface area (Å²) >= 11 is 1.75. The first-order valence-electron chi connectivity index (χ1n) is 9.37. The van der Waals surface area contributed by atoms with Gasteiger partial charge in [-0.1, -0.05) is 11.6 Å². The molecule has 6 nitrogen and oxygen atoms in total. The van der Waals surface area contributed by atoms with Crippen LogP contribution in [0.3, 0.4) is 0 Å². The average molecular weight is 389 g/mol. The number of hydrazone groups is 1. The van der Waals surface area contributed by atoms with E-state index in [-0.39, 0.29) is 5.56 Å². The molecule has 0 fully saturated rings. The number of aryl methyl sites for hydroxylation is 3. The number of thiophene rings is 1. The predicted molar refractivity (Wildman–Crippen MR) is 115 cm³/mol. The first-order chi connectivity index (χ1) is 13.7. The molecule has 3 aromatic heterocycles. The fraction of sp³-hybridized carbons (Fsp3) is 0.238. The molecule has 0 spiro atoms. The lowest BCUT2D eigenvalue weighted by Gasteiger charge is -2.11. The number of nitrogens with one attached hydrogen (secondary N) is 2. The minimum Gasteiger partial charge on any atom is -0.321 e. The van der Waals surface area contributed by atoms with Gasteiger partial charge in [0.15, 0.2) is 5.82 Å². The van der Waals surface area contributed by atoms with Crippen LogP contribution < -0.4 is 11.0 Å². The Balaban J connectivity index is 1.49. The standard InChI is InChI=1S/C21H19N5OS/c1-12-6-7-16-13(8-12)9-14(20(27)25-16)10-24-26-19-18-15-4-2-3-5-17(15)28-21(18)23-11-22-19/h6-11H,2-5H2,1H3,(H,25,27)(H,22,23,26). The minimum absolute atomic E-state index is 0.164. The van der Waals surface area contributed by atoms with Gasteiger partial charge in [0.1, 0.15) is 11.2 Å². The lowest BCUT2D eigenvalue weighted by atomic mass is 9.97. The quantitative estimate of drug-likeness (QED) is 0.407. The van der Waals surface area contributed by atoms with E-state index in [1.165, 1.54) is 23.3 Å². The molecule has 1 aromatic carbocycles. The molecule has 7 heteroatoms. The fourth-order valence-corrected chi connectivity index (χ4v) is 5.01. The molecule has 0 unspecified atom stereocenters. The fourth-order valence-electron chi connectivity index (χ4n) is 3.78. The van der Waals surface area contributed by atoms with E-state index < -0.39 is 0 Å². The lowest BCUT2D eigenvalue weighted by molar-refractivity contribution is 0.700. The highest BCUT2D eigenvalue weighted by atomic mass is 32.1. The van der Waals surface area contributed by atoms with Crippen molar-refractivity contribution in [3.05, 3.63) is 62.5 Å². The largest absolute Gasteiger partial charge is 0.321 e. The smallest absolute Gasteiger partial charge is 0.257 e. The van der Waals surface area contributed by atoms with E-state index in [1.807, 2.05) is 31.2 Å². The van der Waals surface area contributed by atoms with E-state index >= 15 is 0 Å². The number of hydrogen-bond donors (Lipinski definition) is 2. The number of benzene rings is 1. The van der Waals surface area contributed by atoms with Gasteiger partial charge >= 0.3 is 0 Å². The molecule has 3 heterocycles. The molecule has 0 radical (unpaired) electrons. The Morgan fingerprint density at radius 2 is 2.11 bits per heavy atom. The summed E-state index contributed by atoms with van der Waals surface area (Å²) in [6.07, 6.45) is 7.72. The SMILES string of the molecule is Cc1ccc2[nH]c(=O)c(C=NNc3ncnc4sc5c(c34)CCCC5)cc2c1. The van der Waals surface area contributed by atoms with Crippen molar-refractivity contribution < 1.29 is 0 Å². The number of pyridine rings is 1. The van der Waals surface area contributed by atoms with E-state index in [4.69, 9.17) is 0 Å². The van der Waals surface area contributed by atoms with Crippen molar-refractivity contribution in [2.24, 2.45) is 5.10 Å². The molecule has 2 N–H and O–H groups in total. The van der Waals surface area contributed by atoms with Crippen molar-refractivity contribution >= 4 is 44.5 Å². The monoisotopic (exact) mass is 389 g/mol. The summed E-state index contributed by atoms with van der Waals surface area (Å²) in [6.45, 7) is 2.03. The summed E-state index contributed by atoms with van der Waals surface area (Å²) in [5.41, 5.74) is 6.69. The Bertz CT molecular complexity index is 1290. The summed E-state index contributed by atoms with van der Waals surface area (Å²) in [5, 5.41) is 6.36. The Labute approximate surface area is 165 Å². The zero-order valence-corrected chi connectivity index (χ0v) is 16.3. The van der Waals surface area contributed by atoms with Gasteiger partial charge in [-0.3, -0.25) is 10.2 Å². The molecule has 0 bridgehead atoms. The van der Waals surface area contributed by atoms with Crippen LogP contribution in [0, 0.1) is 6.92 Å². The van der Waals surface area contributed by atoms with Crippen molar-refractivity contribution in [3.63, 3.8) is 0 Å². The van der Waals surface area contributed by atoms with Gasteiger partial charge in [-0.15, -0.1) is 11.3 Å². The van der Waals surface area contributed by atoms with E-state index in [0.29, 0.717) is 11.4 Å². The third kappa shape index (κ3) is 2.97. The number of aromatic nitrogens is 3. The highest BCUT2D eigenvalue weighted by molar-refractivity contribution is 7.19. The molecule has 140 valence electrons. The summed E-state index contributed by atoms with van der Waals surface area (Å²) in [7, 11) is 0.